The molecule has 3 rings (SSSR count). The van der Waals surface area contributed by atoms with Crippen LogP contribution in [-0.4, -0.2) is 58.2 Å². The first-order chi connectivity index (χ1) is 12.7. The Hall–Kier alpha value is -1.60. The Morgan fingerprint density at radius 2 is 1.70 bits per heavy atom. The monoisotopic (exact) mass is 375 g/mol. The van der Waals surface area contributed by atoms with E-state index in [-0.39, 0.29) is 11.1 Å². The lowest BCUT2D eigenvalue weighted by atomic mass is 9.79. The topological polar surface area (TPSA) is 91.1 Å². The number of rotatable bonds is 6. The molecule has 152 valence electrons. The number of anilines is 3. The van der Waals surface area contributed by atoms with Crippen LogP contribution >= 0.6 is 0 Å². The minimum Gasteiger partial charge on any atom is -0.393 e. The average Bonchev–Trinajstić information content (AvgIpc) is 2.56. The third-order valence-corrected chi connectivity index (χ3v) is 5.58. The standard InChI is InChI=1S/C20H37N7/c1-19(2)12-15(13-20(3,4)26-19)25-18-16(21)17(23-14-24-18)22-8-11-27-9-6-5-7-10-27/h14-15,26H,5-13,21H2,1-4H3,(H2,22,23,24,25). The predicted molar refractivity (Wildman–Crippen MR) is 113 cm³/mol. The van der Waals surface area contributed by atoms with E-state index < -0.39 is 0 Å². The highest BCUT2D eigenvalue weighted by Gasteiger charge is 2.37. The minimum absolute atomic E-state index is 0.0801. The van der Waals surface area contributed by atoms with E-state index in [0.717, 1.165) is 37.6 Å². The molecule has 0 spiro atoms. The van der Waals surface area contributed by atoms with Crippen molar-refractivity contribution < 1.29 is 0 Å². The van der Waals surface area contributed by atoms with Gasteiger partial charge in [-0.15, -0.1) is 0 Å². The fourth-order valence-corrected chi connectivity index (χ4v) is 4.78. The molecule has 7 nitrogen and oxygen atoms in total. The molecule has 0 unspecified atom stereocenters. The first-order valence-electron chi connectivity index (χ1n) is 10.4. The van der Waals surface area contributed by atoms with Gasteiger partial charge in [0.15, 0.2) is 11.6 Å². The van der Waals surface area contributed by atoms with Gasteiger partial charge in [-0.05, 0) is 66.5 Å². The Kier molecular flexibility index (Phi) is 6.11. The maximum Gasteiger partial charge on any atom is 0.155 e. The number of nitrogens with one attached hydrogen (secondary N) is 3. The molecule has 1 aromatic rings. The van der Waals surface area contributed by atoms with Gasteiger partial charge in [-0.25, -0.2) is 9.97 Å². The zero-order valence-electron chi connectivity index (χ0n) is 17.4. The third-order valence-electron chi connectivity index (χ3n) is 5.58. The van der Waals surface area contributed by atoms with Gasteiger partial charge in [-0.3, -0.25) is 0 Å². The van der Waals surface area contributed by atoms with Crippen LogP contribution in [0.25, 0.3) is 0 Å². The molecule has 0 amide bonds. The fourth-order valence-electron chi connectivity index (χ4n) is 4.78. The number of hydrogen-bond acceptors (Lipinski definition) is 7. The van der Waals surface area contributed by atoms with Crippen LogP contribution in [0.1, 0.15) is 59.8 Å². The molecule has 0 saturated carbocycles. The Morgan fingerprint density at radius 3 is 2.37 bits per heavy atom. The molecule has 0 atom stereocenters. The Morgan fingerprint density at radius 1 is 1.07 bits per heavy atom. The van der Waals surface area contributed by atoms with Crippen LogP contribution in [0.5, 0.6) is 0 Å². The second-order valence-corrected chi connectivity index (χ2v) is 9.46. The fraction of sp³-hybridized carbons (Fsp3) is 0.800. The van der Waals surface area contributed by atoms with E-state index >= 15 is 0 Å². The number of aromatic nitrogens is 2. The highest BCUT2D eigenvalue weighted by molar-refractivity contribution is 5.74. The summed E-state index contributed by atoms with van der Waals surface area (Å²) in [6, 6.07) is 0.328. The van der Waals surface area contributed by atoms with E-state index in [2.05, 4.69) is 58.5 Å². The van der Waals surface area contributed by atoms with Gasteiger partial charge >= 0.3 is 0 Å². The lowest BCUT2D eigenvalue weighted by Gasteiger charge is -2.46. The molecule has 5 N–H and O–H groups in total. The number of piperidine rings is 2. The SMILES string of the molecule is CC1(C)CC(Nc2ncnc(NCCN3CCCCC3)c2N)CC(C)(C)N1. The van der Waals surface area contributed by atoms with Crippen LogP contribution in [0.2, 0.25) is 0 Å². The molecule has 0 radical (unpaired) electrons. The molecule has 2 aliphatic heterocycles. The summed E-state index contributed by atoms with van der Waals surface area (Å²) in [5.41, 5.74) is 7.15. The van der Waals surface area contributed by atoms with Gasteiger partial charge in [0.25, 0.3) is 0 Å². The normalized spacial score (nSPS) is 23.1. The van der Waals surface area contributed by atoms with Gasteiger partial charge in [0.05, 0.1) is 0 Å². The predicted octanol–water partition coefficient (Wildman–Crippen LogP) is 2.68. The van der Waals surface area contributed by atoms with Gasteiger partial charge in [0.2, 0.25) is 0 Å². The summed E-state index contributed by atoms with van der Waals surface area (Å²) in [5, 5.41) is 10.7. The molecule has 7 heteroatoms. The van der Waals surface area contributed by atoms with Crippen LogP contribution in [0.15, 0.2) is 6.33 Å². The molecule has 1 aromatic heterocycles. The van der Waals surface area contributed by atoms with Crippen molar-refractivity contribution in [1.82, 2.24) is 20.2 Å². The van der Waals surface area contributed by atoms with E-state index in [4.69, 9.17) is 5.73 Å². The summed E-state index contributed by atoms with van der Waals surface area (Å²) >= 11 is 0. The highest BCUT2D eigenvalue weighted by Crippen LogP contribution is 2.32. The number of nitrogens with zero attached hydrogens (tertiary/aromatic N) is 3. The summed E-state index contributed by atoms with van der Waals surface area (Å²) < 4.78 is 0. The third kappa shape index (κ3) is 5.69. The summed E-state index contributed by atoms with van der Waals surface area (Å²) in [6.45, 7) is 13.3. The zero-order valence-corrected chi connectivity index (χ0v) is 17.4. The van der Waals surface area contributed by atoms with Gasteiger partial charge < -0.3 is 26.6 Å². The van der Waals surface area contributed by atoms with Gasteiger partial charge in [-0.1, -0.05) is 6.42 Å². The molecule has 2 aliphatic rings. The Bertz CT molecular complexity index is 607. The zero-order chi connectivity index (χ0) is 19.5. The molecular weight excluding hydrogens is 338 g/mol. The van der Waals surface area contributed by atoms with Crippen molar-refractivity contribution in [3.63, 3.8) is 0 Å². The van der Waals surface area contributed by atoms with Crippen molar-refractivity contribution in [1.29, 1.82) is 0 Å². The van der Waals surface area contributed by atoms with Crippen LogP contribution in [0, 0.1) is 0 Å². The van der Waals surface area contributed by atoms with Crippen molar-refractivity contribution in [2.24, 2.45) is 0 Å². The molecule has 2 saturated heterocycles. The first-order valence-corrected chi connectivity index (χ1v) is 10.4. The molecule has 27 heavy (non-hydrogen) atoms. The van der Waals surface area contributed by atoms with E-state index in [1.807, 2.05) is 0 Å². The summed E-state index contributed by atoms with van der Waals surface area (Å²) in [7, 11) is 0. The molecule has 3 heterocycles. The number of hydrogen-bond donors (Lipinski definition) is 4. The van der Waals surface area contributed by atoms with Crippen molar-refractivity contribution >= 4 is 17.3 Å². The second kappa shape index (κ2) is 8.19. The Labute approximate surface area is 163 Å². The second-order valence-electron chi connectivity index (χ2n) is 9.46. The van der Waals surface area contributed by atoms with Crippen molar-refractivity contribution in [3.05, 3.63) is 6.33 Å². The maximum atomic E-state index is 6.38. The largest absolute Gasteiger partial charge is 0.393 e. The molecule has 0 aliphatic carbocycles. The van der Waals surface area contributed by atoms with Crippen LogP contribution in [0.4, 0.5) is 17.3 Å². The van der Waals surface area contributed by atoms with Crippen LogP contribution in [-0.2, 0) is 0 Å². The van der Waals surface area contributed by atoms with E-state index in [9.17, 15) is 0 Å². The summed E-state index contributed by atoms with van der Waals surface area (Å²) in [6.07, 6.45) is 7.63. The number of nitrogens with two attached hydrogens (primary N) is 1. The molecular formula is C20H37N7. The van der Waals surface area contributed by atoms with Crippen molar-refractivity contribution in [2.45, 2.75) is 76.9 Å². The number of nitrogen functional groups attached to an aromatic ring is 1. The van der Waals surface area contributed by atoms with Gasteiger partial charge in [0, 0.05) is 30.2 Å². The van der Waals surface area contributed by atoms with Crippen LogP contribution in [0.3, 0.4) is 0 Å². The van der Waals surface area contributed by atoms with Gasteiger partial charge in [0.1, 0.15) is 12.0 Å². The lowest BCUT2D eigenvalue weighted by Crippen LogP contribution is -2.60. The average molecular weight is 376 g/mol. The maximum absolute atomic E-state index is 6.38. The van der Waals surface area contributed by atoms with Crippen LogP contribution < -0.4 is 21.7 Å². The molecule has 0 bridgehead atoms. The van der Waals surface area contributed by atoms with Crippen molar-refractivity contribution in [2.75, 3.05) is 42.5 Å². The Balaban J connectivity index is 1.59. The smallest absolute Gasteiger partial charge is 0.155 e. The summed E-state index contributed by atoms with van der Waals surface area (Å²) in [5.74, 6) is 1.47. The van der Waals surface area contributed by atoms with E-state index in [1.54, 1.807) is 6.33 Å². The lowest BCUT2D eigenvalue weighted by molar-refractivity contribution is 0.170. The van der Waals surface area contributed by atoms with Gasteiger partial charge in [-0.2, -0.15) is 0 Å². The van der Waals surface area contributed by atoms with E-state index in [1.165, 1.54) is 32.4 Å². The van der Waals surface area contributed by atoms with Crippen molar-refractivity contribution in [3.8, 4) is 0 Å². The van der Waals surface area contributed by atoms with E-state index in [0.29, 0.717) is 11.7 Å². The summed E-state index contributed by atoms with van der Waals surface area (Å²) in [4.78, 5) is 11.3. The number of likely N-dealkylation sites (tertiary alicyclic amines) is 1. The highest BCUT2D eigenvalue weighted by atomic mass is 15.2. The molecule has 2 fully saturated rings. The quantitative estimate of drug-likeness (QED) is 0.607. The first kappa shape index (κ1) is 20.1. The molecule has 0 aromatic carbocycles. The minimum atomic E-state index is 0.0801.